The number of halogens is 2. The number of anilines is 2. The molecule has 14 nitrogen and oxygen atoms in total. The van der Waals surface area contributed by atoms with Crippen molar-refractivity contribution in [2.45, 2.75) is 50.7 Å². The minimum absolute atomic E-state index is 0.0506. The molecule has 254 valence electrons. The topological polar surface area (TPSA) is 184 Å². The van der Waals surface area contributed by atoms with E-state index in [-0.39, 0.29) is 35.4 Å². The van der Waals surface area contributed by atoms with Gasteiger partial charge < -0.3 is 30.7 Å². The molecule has 2 saturated heterocycles. The number of ether oxygens (including phenoxy) is 2. The van der Waals surface area contributed by atoms with E-state index in [1.165, 1.54) is 0 Å². The number of hydrogen-bond donors (Lipinski definition) is 6. The normalized spacial score (nSPS) is 19.2. The lowest BCUT2D eigenvalue weighted by Gasteiger charge is -2.23. The van der Waals surface area contributed by atoms with Crippen LogP contribution in [0.5, 0.6) is 0 Å². The van der Waals surface area contributed by atoms with Crippen molar-refractivity contribution in [3.05, 3.63) is 80.9 Å². The molecule has 4 aromatic rings. The Bertz CT molecular complexity index is 1680. The molecule has 7 rings (SSSR count). The molecule has 6 heterocycles. The third-order valence-electron chi connectivity index (χ3n) is 8.03. The van der Waals surface area contributed by atoms with Gasteiger partial charge >= 0.3 is 0 Å². The molecule has 16 heteroatoms. The number of H-pyrrole nitrogens is 2. The molecule has 0 unspecified atom stereocenters. The van der Waals surface area contributed by atoms with Gasteiger partial charge in [-0.05, 0) is 43.5 Å². The van der Waals surface area contributed by atoms with E-state index >= 15 is 0 Å². The first-order valence-electron chi connectivity index (χ1n) is 16.1. The molecule has 3 fully saturated rings. The number of amides is 2. The van der Waals surface area contributed by atoms with Crippen molar-refractivity contribution in [2.75, 3.05) is 50.0 Å². The second-order valence-corrected chi connectivity index (χ2v) is 12.4. The van der Waals surface area contributed by atoms with Gasteiger partial charge in [0, 0.05) is 32.1 Å². The molecule has 3 aliphatic rings. The van der Waals surface area contributed by atoms with Crippen molar-refractivity contribution in [3.8, 4) is 0 Å². The summed E-state index contributed by atoms with van der Waals surface area (Å²) in [6, 6.07) is 7.31. The van der Waals surface area contributed by atoms with E-state index in [9.17, 15) is 9.59 Å². The first kappa shape index (κ1) is 34.0. The van der Waals surface area contributed by atoms with Crippen LogP contribution in [0.15, 0.2) is 36.7 Å². The largest absolute Gasteiger partial charge is 0.369 e. The number of aromatic nitrogens is 6. The zero-order chi connectivity index (χ0) is 33.5. The Kier molecular flexibility index (Phi) is 11.3. The van der Waals surface area contributed by atoms with Crippen molar-refractivity contribution in [1.29, 1.82) is 0 Å². The van der Waals surface area contributed by atoms with Crippen molar-refractivity contribution in [1.82, 2.24) is 41.0 Å². The van der Waals surface area contributed by atoms with Crippen LogP contribution >= 0.6 is 23.2 Å². The highest BCUT2D eigenvalue weighted by Gasteiger charge is 2.31. The summed E-state index contributed by atoms with van der Waals surface area (Å²) in [6.45, 7) is 6.57. The summed E-state index contributed by atoms with van der Waals surface area (Å²) < 4.78 is 11.3. The van der Waals surface area contributed by atoms with E-state index in [2.05, 4.69) is 51.6 Å². The van der Waals surface area contributed by atoms with Crippen molar-refractivity contribution < 1.29 is 19.1 Å². The van der Waals surface area contributed by atoms with Gasteiger partial charge in [-0.1, -0.05) is 36.5 Å². The first-order valence-corrected chi connectivity index (χ1v) is 16.8. The van der Waals surface area contributed by atoms with E-state index in [0.717, 1.165) is 74.6 Å². The summed E-state index contributed by atoms with van der Waals surface area (Å²) in [5, 5.41) is 26.6. The van der Waals surface area contributed by atoms with Crippen molar-refractivity contribution in [3.63, 3.8) is 0 Å². The molecule has 1 saturated carbocycles. The molecule has 4 aromatic heterocycles. The summed E-state index contributed by atoms with van der Waals surface area (Å²) in [4.78, 5) is 33.4. The zero-order valence-corrected chi connectivity index (χ0v) is 28.0. The van der Waals surface area contributed by atoms with E-state index in [1.807, 2.05) is 19.1 Å². The number of nitrogens with zero attached hydrogens (tertiary/aromatic N) is 4. The number of morpholine rings is 2. The highest BCUT2D eigenvalue weighted by atomic mass is 35.5. The Morgan fingerprint density at radius 3 is 1.81 bits per heavy atom. The minimum atomic E-state index is -0.358. The van der Waals surface area contributed by atoms with Crippen LogP contribution in [0, 0.1) is 0 Å². The number of aromatic amines is 2. The standard InChI is InChI=1S/C16H18ClN5O2.C16H20ClN5O2/c17-13-14(9-1-2-9)21-22-15(13)16(23)20-10-3-4-11(19-7-10)12-8-18-5-6-24-12;1-2-3-12-14(17)15(22-21-12)16(23)20-10-4-5-11(19-8-10)13-9-18-6-7-24-13/h3-4,7,9,12,18H,1-2,5-6,8H2,(H,20,23)(H,21,22);4-5,8,13,18H,2-3,6-7,9H2,1H3,(H,20,23)(H,21,22)/t12-;13-/m11/s1. The first-order chi connectivity index (χ1) is 23.4. The molecule has 2 atom stereocenters. The van der Waals surface area contributed by atoms with Gasteiger partial charge in [-0.3, -0.25) is 29.8 Å². The maximum absolute atomic E-state index is 12.3. The maximum atomic E-state index is 12.3. The third-order valence-corrected chi connectivity index (χ3v) is 8.82. The lowest BCUT2D eigenvalue weighted by atomic mass is 10.2. The van der Waals surface area contributed by atoms with Crippen molar-refractivity contribution >= 4 is 46.4 Å². The Balaban J connectivity index is 0.000000167. The molecular formula is C32H38Cl2N10O4. The fourth-order valence-corrected chi connectivity index (χ4v) is 5.89. The lowest BCUT2D eigenvalue weighted by molar-refractivity contribution is 0.0250. The monoisotopic (exact) mass is 696 g/mol. The van der Waals surface area contributed by atoms with Crippen LogP contribution in [-0.4, -0.2) is 81.6 Å². The van der Waals surface area contributed by atoms with E-state index in [4.69, 9.17) is 32.7 Å². The molecule has 6 N–H and O–H groups in total. The molecule has 0 spiro atoms. The smallest absolute Gasteiger partial charge is 0.277 e. The lowest BCUT2D eigenvalue weighted by Crippen LogP contribution is -2.33. The van der Waals surface area contributed by atoms with E-state index < -0.39 is 0 Å². The summed E-state index contributed by atoms with van der Waals surface area (Å²) in [5.41, 5.74) is 4.92. The van der Waals surface area contributed by atoms with Crippen LogP contribution in [0.3, 0.4) is 0 Å². The molecule has 0 bridgehead atoms. The number of carbonyl (C=O) groups is 2. The van der Waals surface area contributed by atoms with Gasteiger partial charge in [-0.15, -0.1) is 0 Å². The van der Waals surface area contributed by atoms with Crippen LogP contribution in [0.2, 0.25) is 10.0 Å². The average Bonchev–Trinajstić information content (AvgIpc) is 3.79. The highest BCUT2D eigenvalue weighted by molar-refractivity contribution is 6.35. The summed E-state index contributed by atoms with van der Waals surface area (Å²) in [7, 11) is 0. The Labute approximate surface area is 287 Å². The number of nitrogens with one attached hydrogen (secondary N) is 6. The van der Waals surface area contributed by atoms with Gasteiger partial charge in [-0.25, -0.2) is 0 Å². The molecule has 2 amide bonds. The van der Waals surface area contributed by atoms with Crippen molar-refractivity contribution in [2.24, 2.45) is 0 Å². The predicted molar refractivity (Wildman–Crippen MR) is 181 cm³/mol. The van der Waals surface area contributed by atoms with Gasteiger partial charge in [0.2, 0.25) is 0 Å². The molecule has 2 aliphatic heterocycles. The second kappa shape index (κ2) is 16.0. The molecular weight excluding hydrogens is 659 g/mol. The highest BCUT2D eigenvalue weighted by Crippen LogP contribution is 2.42. The van der Waals surface area contributed by atoms with Gasteiger partial charge in [0.1, 0.15) is 12.2 Å². The van der Waals surface area contributed by atoms with Gasteiger partial charge in [0.05, 0.1) is 69.8 Å². The van der Waals surface area contributed by atoms with Gasteiger partial charge in [0.15, 0.2) is 11.4 Å². The molecule has 48 heavy (non-hydrogen) atoms. The molecule has 1 aliphatic carbocycles. The third kappa shape index (κ3) is 8.38. The summed E-state index contributed by atoms with van der Waals surface area (Å²) in [6.07, 6.45) is 6.98. The van der Waals surface area contributed by atoms with E-state index in [1.54, 1.807) is 24.5 Å². The zero-order valence-electron chi connectivity index (χ0n) is 26.4. The molecule has 0 aromatic carbocycles. The molecule has 0 radical (unpaired) electrons. The minimum Gasteiger partial charge on any atom is -0.369 e. The SMILES string of the molecule is CCCc1[nH]nc(C(=O)Nc2ccc([C@H]3CNCCO3)nc2)c1Cl.O=C(Nc1ccc([C@H]2CNCCO2)nc1)c1n[nH]c(C2CC2)c1Cl. The Morgan fingerprint density at radius 2 is 1.35 bits per heavy atom. The van der Waals surface area contributed by atoms with Crippen LogP contribution in [0.4, 0.5) is 11.4 Å². The van der Waals surface area contributed by atoms with E-state index in [0.29, 0.717) is 40.6 Å². The fraction of sp³-hybridized carbons (Fsp3) is 0.438. The number of aryl methyl sites for hydroxylation is 1. The maximum Gasteiger partial charge on any atom is 0.277 e. The quantitative estimate of drug-likeness (QED) is 0.145. The number of carbonyl (C=O) groups excluding carboxylic acids is 2. The Morgan fingerprint density at radius 1 is 0.812 bits per heavy atom. The number of rotatable bonds is 9. The number of pyridine rings is 2. The predicted octanol–water partition coefficient (Wildman–Crippen LogP) is 4.57. The van der Waals surface area contributed by atoms with Crippen LogP contribution in [0.1, 0.15) is 88.1 Å². The number of hydrogen-bond acceptors (Lipinski definition) is 10. The van der Waals surface area contributed by atoms with Gasteiger partial charge in [0.25, 0.3) is 11.8 Å². The van der Waals surface area contributed by atoms with Gasteiger partial charge in [-0.2, -0.15) is 10.2 Å². The fourth-order valence-electron chi connectivity index (χ4n) is 5.30. The average molecular weight is 698 g/mol. The van der Waals surface area contributed by atoms with Crippen LogP contribution in [-0.2, 0) is 15.9 Å². The van der Waals surface area contributed by atoms with Crippen LogP contribution < -0.4 is 21.3 Å². The van der Waals surface area contributed by atoms with Crippen LogP contribution in [0.25, 0.3) is 0 Å². The second-order valence-electron chi connectivity index (χ2n) is 11.7. The summed E-state index contributed by atoms with van der Waals surface area (Å²) in [5.74, 6) is -0.284. The summed E-state index contributed by atoms with van der Waals surface area (Å²) >= 11 is 12.5. The Hall–Kier alpha value is -3.92.